The van der Waals surface area contributed by atoms with Gasteiger partial charge >= 0.3 is 0 Å². The lowest BCUT2D eigenvalue weighted by Gasteiger charge is -2.34. The van der Waals surface area contributed by atoms with Crippen molar-refractivity contribution >= 4 is 27.3 Å². The van der Waals surface area contributed by atoms with Crippen molar-refractivity contribution in [1.29, 1.82) is 0 Å². The van der Waals surface area contributed by atoms with E-state index in [0.717, 1.165) is 42.9 Å². The molecule has 0 aromatic heterocycles. The standard InChI is InChI=1S/C14H21BrN4O2/c1-11(10-18-7-5-17(2)6-8-18)16-14-4-3-12(19(20)21)9-13(14)15/h3-4,9,11,16H,5-8,10H2,1-2H3. The first-order valence-electron chi connectivity index (χ1n) is 7.07. The number of rotatable bonds is 5. The molecule has 6 nitrogen and oxygen atoms in total. The molecule has 1 aromatic rings. The predicted octanol–water partition coefficient (Wildman–Crippen LogP) is 2.41. The molecule has 2 rings (SSSR count). The Morgan fingerprint density at radius 2 is 2.05 bits per heavy atom. The lowest BCUT2D eigenvalue weighted by molar-refractivity contribution is -0.384. The molecule has 1 N–H and O–H groups in total. The number of nitrogens with one attached hydrogen (secondary N) is 1. The summed E-state index contributed by atoms with van der Waals surface area (Å²) in [7, 11) is 2.15. The summed E-state index contributed by atoms with van der Waals surface area (Å²) < 4.78 is 0.724. The Hall–Kier alpha value is -1.18. The minimum absolute atomic E-state index is 0.0964. The molecule has 0 aliphatic carbocycles. The highest BCUT2D eigenvalue weighted by molar-refractivity contribution is 9.10. The summed E-state index contributed by atoms with van der Waals surface area (Å²) in [5, 5.41) is 14.1. The van der Waals surface area contributed by atoms with Crippen molar-refractivity contribution in [2.24, 2.45) is 0 Å². The van der Waals surface area contributed by atoms with Crippen molar-refractivity contribution in [2.45, 2.75) is 13.0 Å². The highest BCUT2D eigenvalue weighted by Gasteiger charge is 2.17. The van der Waals surface area contributed by atoms with Crippen LogP contribution in [0.3, 0.4) is 0 Å². The Labute approximate surface area is 133 Å². The zero-order valence-corrected chi connectivity index (χ0v) is 14.0. The molecule has 1 heterocycles. The molecule has 7 heteroatoms. The average molecular weight is 357 g/mol. The zero-order chi connectivity index (χ0) is 15.4. The molecule has 0 spiro atoms. The van der Waals surface area contributed by atoms with E-state index >= 15 is 0 Å². The summed E-state index contributed by atoms with van der Waals surface area (Å²) in [6.45, 7) is 7.49. The lowest BCUT2D eigenvalue weighted by atomic mass is 10.2. The molecule has 1 fully saturated rings. The van der Waals surface area contributed by atoms with Gasteiger partial charge in [0.15, 0.2) is 0 Å². The molecule has 1 aromatic carbocycles. The van der Waals surface area contributed by atoms with Crippen LogP contribution in [-0.2, 0) is 0 Å². The first kappa shape index (κ1) is 16.2. The number of nitrogens with zero attached hydrogens (tertiary/aromatic N) is 3. The Balaban J connectivity index is 1.90. The molecular weight excluding hydrogens is 336 g/mol. The highest BCUT2D eigenvalue weighted by atomic mass is 79.9. The molecule has 1 unspecified atom stereocenters. The van der Waals surface area contributed by atoms with Gasteiger partial charge < -0.3 is 10.2 Å². The van der Waals surface area contributed by atoms with Crippen LogP contribution in [0.1, 0.15) is 6.92 Å². The Morgan fingerprint density at radius 1 is 1.38 bits per heavy atom. The topological polar surface area (TPSA) is 61.6 Å². The van der Waals surface area contributed by atoms with Gasteiger partial charge in [-0.1, -0.05) is 0 Å². The summed E-state index contributed by atoms with van der Waals surface area (Å²) in [6.07, 6.45) is 0. The van der Waals surface area contributed by atoms with Gasteiger partial charge in [0, 0.05) is 61.1 Å². The van der Waals surface area contributed by atoms with Crippen molar-refractivity contribution in [1.82, 2.24) is 9.80 Å². The SMILES string of the molecule is CC(CN1CCN(C)CC1)Nc1ccc([N+](=O)[O-])cc1Br. The van der Waals surface area contributed by atoms with E-state index in [9.17, 15) is 10.1 Å². The molecule has 21 heavy (non-hydrogen) atoms. The van der Waals surface area contributed by atoms with E-state index in [1.807, 2.05) is 0 Å². The number of piperazine rings is 1. The van der Waals surface area contributed by atoms with E-state index in [0.29, 0.717) is 0 Å². The number of anilines is 1. The largest absolute Gasteiger partial charge is 0.380 e. The number of hydrogen-bond donors (Lipinski definition) is 1. The third kappa shape index (κ3) is 4.66. The van der Waals surface area contributed by atoms with Crippen LogP contribution in [0.4, 0.5) is 11.4 Å². The number of nitro groups is 1. The summed E-state index contributed by atoms with van der Waals surface area (Å²) in [4.78, 5) is 15.1. The Morgan fingerprint density at radius 3 is 2.62 bits per heavy atom. The highest BCUT2D eigenvalue weighted by Crippen LogP contribution is 2.27. The second-order valence-electron chi connectivity index (χ2n) is 5.57. The van der Waals surface area contributed by atoms with Gasteiger partial charge in [0.1, 0.15) is 0 Å². The van der Waals surface area contributed by atoms with E-state index < -0.39 is 0 Å². The lowest BCUT2D eigenvalue weighted by Crippen LogP contribution is -2.47. The van der Waals surface area contributed by atoms with E-state index in [1.165, 1.54) is 12.1 Å². The third-order valence-corrected chi connectivity index (χ3v) is 4.35. The second-order valence-corrected chi connectivity index (χ2v) is 6.42. The molecule has 1 atom stereocenters. The van der Waals surface area contributed by atoms with Crippen LogP contribution in [-0.4, -0.2) is 60.5 Å². The zero-order valence-electron chi connectivity index (χ0n) is 12.4. The third-order valence-electron chi connectivity index (χ3n) is 3.69. The first-order chi connectivity index (χ1) is 9.95. The molecule has 1 aliphatic heterocycles. The Bertz CT molecular complexity index is 504. The van der Waals surface area contributed by atoms with Gasteiger partial charge in [0.2, 0.25) is 0 Å². The average Bonchev–Trinajstić information content (AvgIpc) is 2.43. The quantitative estimate of drug-likeness (QED) is 0.648. The minimum atomic E-state index is -0.387. The fraction of sp³-hybridized carbons (Fsp3) is 0.571. The molecular formula is C14H21BrN4O2. The summed E-state index contributed by atoms with van der Waals surface area (Å²) >= 11 is 3.39. The normalized spacial score (nSPS) is 18.4. The molecule has 0 saturated carbocycles. The predicted molar refractivity (Wildman–Crippen MR) is 87.8 cm³/mol. The molecule has 0 radical (unpaired) electrons. The number of halogens is 1. The molecule has 1 aliphatic rings. The van der Waals surface area contributed by atoms with E-state index in [4.69, 9.17) is 0 Å². The number of nitro benzene ring substituents is 1. The maximum atomic E-state index is 10.7. The van der Waals surface area contributed by atoms with Gasteiger partial charge in [-0.05, 0) is 36.0 Å². The number of likely N-dealkylation sites (N-methyl/N-ethyl adjacent to an activating group) is 1. The number of hydrogen-bond acceptors (Lipinski definition) is 5. The van der Waals surface area contributed by atoms with Crippen molar-refractivity contribution < 1.29 is 4.92 Å². The molecule has 116 valence electrons. The smallest absolute Gasteiger partial charge is 0.270 e. The van der Waals surface area contributed by atoms with E-state index in [2.05, 4.69) is 45.0 Å². The van der Waals surface area contributed by atoms with Gasteiger partial charge in [-0.3, -0.25) is 15.0 Å². The number of non-ortho nitro benzene ring substituents is 1. The molecule has 1 saturated heterocycles. The fourth-order valence-corrected chi connectivity index (χ4v) is 2.94. The first-order valence-corrected chi connectivity index (χ1v) is 7.86. The monoisotopic (exact) mass is 356 g/mol. The molecule has 0 amide bonds. The van der Waals surface area contributed by atoms with Crippen LogP contribution in [0.2, 0.25) is 0 Å². The van der Waals surface area contributed by atoms with Crippen LogP contribution in [0.5, 0.6) is 0 Å². The van der Waals surface area contributed by atoms with Crippen LogP contribution in [0.15, 0.2) is 22.7 Å². The van der Waals surface area contributed by atoms with Gasteiger partial charge in [-0.25, -0.2) is 0 Å². The minimum Gasteiger partial charge on any atom is -0.380 e. The van der Waals surface area contributed by atoms with Crippen molar-refractivity contribution in [3.63, 3.8) is 0 Å². The maximum absolute atomic E-state index is 10.7. The van der Waals surface area contributed by atoms with Crippen molar-refractivity contribution in [3.8, 4) is 0 Å². The summed E-state index contributed by atoms with van der Waals surface area (Å²) in [5.41, 5.74) is 0.987. The van der Waals surface area contributed by atoms with E-state index in [1.54, 1.807) is 6.07 Å². The molecule has 0 bridgehead atoms. The van der Waals surface area contributed by atoms with Gasteiger partial charge in [0.05, 0.1) is 4.92 Å². The van der Waals surface area contributed by atoms with Crippen LogP contribution < -0.4 is 5.32 Å². The Kier molecular flexibility index (Phi) is 5.55. The maximum Gasteiger partial charge on any atom is 0.270 e. The van der Waals surface area contributed by atoms with Gasteiger partial charge in [-0.15, -0.1) is 0 Å². The van der Waals surface area contributed by atoms with E-state index in [-0.39, 0.29) is 16.7 Å². The van der Waals surface area contributed by atoms with Gasteiger partial charge in [0.25, 0.3) is 5.69 Å². The van der Waals surface area contributed by atoms with Crippen molar-refractivity contribution in [2.75, 3.05) is 45.1 Å². The van der Waals surface area contributed by atoms with Gasteiger partial charge in [-0.2, -0.15) is 0 Å². The fourth-order valence-electron chi connectivity index (χ4n) is 2.46. The van der Waals surface area contributed by atoms with Crippen molar-refractivity contribution in [3.05, 3.63) is 32.8 Å². The van der Waals surface area contributed by atoms with Crippen LogP contribution in [0.25, 0.3) is 0 Å². The second kappa shape index (κ2) is 7.20. The van der Waals surface area contributed by atoms with Crippen LogP contribution >= 0.6 is 15.9 Å². The summed E-state index contributed by atoms with van der Waals surface area (Å²) in [5.74, 6) is 0. The number of benzene rings is 1. The van der Waals surface area contributed by atoms with Crippen LogP contribution in [0, 0.1) is 10.1 Å². The summed E-state index contributed by atoms with van der Waals surface area (Å²) in [6, 6.07) is 5.09.